The largest absolute Gasteiger partial charge is 0.380 e. The van der Waals surface area contributed by atoms with E-state index in [1.807, 2.05) is 0 Å². The summed E-state index contributed by atoms with van der Waals surface area (Å²) in [7, 11) is 8.73. The Morgan fingerprint density at radius 3 is 1.42 bits per heavy atom. The highest BCUT2D eigenvalue weighted by molar-refractivity contribution is 5.74. The molecule has 1 rings (SSSR count). The molecule has 0 aliphatic rings. The molecule has 4 amide bonds. The van der Waals surface area contributed by atoms with Gasteiger partial charge in [0.05, 0.1) is 59.4 Å². The normalized spacial score (nSPS) is 11.9. The van der Waals surface area contributed by atoms with Crippen molar-refractivity contribution in [2.24, 2.45) is 0 Å². The van der Waals surface area contributed by atoms with E-state index in [2.05, 4.69) is 16.0 Å². The van der Waals surface area contributed by atoms with Crippen molar-refractivity contribution < 1.29 is 57.3 Å². The number of amides is 4. The number of aliphatic hydroxyl groups excluding tert-OH is 1. The van der Waals surface area contributed by atoms with Crippen LogP contribution < -0.4 is 33.0 Å². The molecule has 1 atom stereocenters. The summed E-state index contributed by atoms with van der Waals surface area (Å²) in [5, 5.41) is 18.1. The van der Waals surface area contributed by atoms with Gasteiger partial charge in [0.2, 0.25) is 0 Å². The maximum Gasteiger partial charge on any atom is 0.336 e. The molecule has 1 aromatic heterocycles. The second-order valence-corrected chi connectivity index (χ2v) is 11.4. The lowest BCUT2D eigenvalue weighted by atomic mass is 10.4. The summed E-state index contributed by atoms with van der Waals surface area (Å²) < 4.78 is 49.6. The number of carbonyl (C=O) groups is 2. The van der Waals surface area contributed by atoms with Crippen molar-refractivity contribution in [1.29, 1.82) is 0 Å². The number of nitrogens with one attached hydrogen (secondary N) is 3. The average Bonchev–Trinajstić information content (AvgIpc) is 3.17. The maximum absolute atomic E-state index is 13.5. The van der Waals surface area contributed by atoms with Crippen LogP contribution in [-0.2, 0) is 62.3 Å². The van der Waals surface area contributed by atoms with E-state index in [0.717, 1.165) is 13.7 Å². The van der Waals surface area contributed by atoms with Gasteiger partial charge in [0.15, 0.2) is 6.35 Å². The number of hydrogen-bond donors (Lipinski definition) is 4. The first-order valence-electron chi connectivity index (χ1n) is 17.4. The standard InChI is InChI=1S/C31H61N9O15/c1-47-20-32-26(41)35(23-50-4)8-7-14-53-17-11-38-29(44)39(12-18-54-15-9-36(24-51-5)27(42)33-21-48-2)31(46)40(30(38)45)13-19-55-16-10-37(25-52-6)28(43)34-22-49-3/h27,33,42H,7-25H2,1-6H3,(H,32,41)(H,34,43). The van der Waals surface area contributed by atoms with E-state index in [0.29, 0.717) is 13.0 Å². The molecule has 0 saturated carbocycles. The molecule has 0 aromatic carbocycles. The SMILES string of the molecule is COCNC(=O)N(CCCOCCn1c(=O)n(CCOCCN(COC)C(=O)NCOC)c(=O)n(CCOCCN(COC)C(O)NCOC)c1=O)COC. The molecule has 1 heterocycles. The van der Waals surface area contributed by atoms with Crippen LogP contribution in [0.15, 0.2) is 14.4 Å². The highest BCUT2D eigenvalue weighted by Gasteiger charge is 2.18. The zero-order valence-electron chi connectivity index (χ0n) is 32.9. The van der Waals surface area contributed by atoms with Gasteiger partial charge in [-0.1, -0.05) is 0 Å². The number of urea groups is 2. The summed E-state index contributed by atoms with van der Waals surface area (Å²) in [6.07, 6.45) is -0.652. The molecule has 0 bridgehead atoms. The van der Waals surface area contributed by atoms with Gasteiger partial charge in [-0.25, -0.2) is 42.6 Å². The van der Waals surface area contributed by atoms with E-state index < -0.39 is 29.5 Å². The molecular formula is C31H61N9O15. The maximum atomic E-state index is 13.5. The molecule has 0 saturated heterocycles. The molecule has 1 unspecified atom stereocenters. The minimum Gasteiger partial charge on any atom is -0.380 e. The summed E-state index contributed by atoms with van der Waals surface area (Å²) in [5.41, 5.74) is -2.56. The van der Waals surface area contributed by atoms with Gasteiger partial charge in [-0.15, -0.1) is 0 Å². The number of ether oxygens (including phenoxy) is 9. The number of aliphatic hydroxyl groups is 1. The fraction of sp³-hybridized carbons (Fsp3) is 0.839. The fourth-order valence-electron chi connectivity index (χ4n) is 4.71. The minimum atomic E-state index is -1.08. The molecule has 0 spiro atoms. The molecule has 1 aromatic rings. The zero-order valence-corrected chi connectivity index (χ0v) is 32.9. The predicted octanol–water partition coefficient (Wildman–Crippen LogP) is -3.57. The van der Waals surface area contributed by atoms with Crippen LogP contribution in [0.4, 0.5) is 9.59 Å². The van der Waals surface area contributed by atoms with Gasteiger partial charge in [0.1, 0.15) is 33.7 Å². The zero-order chi connectivity index (χ0) is 40.8. The number of aromatic nitrogens is 3. The monoisotopic (exact) mass is 799 g/mol. The third kappa shape index (κ3) is 19.3. The van der Waals surface area contributed by atoms with E-state index in [9.17, 15) is 29.1 Å². The van der Waals surface area contributed by atoms with Gasteiger partial charge in [0, 0.05) is 68.9 Å². The second-order valence-electron chi connectivity index (χ2n) is 11.4. The Morgan fingerprint density at radius 1 is 0.564 bits per heavy atom. The first-order valence-corrected chi connectivity index (χ1v) is 17.4. The van der Waals surface area contributed by atoms with Gasteiger partial charge in [0.25, 0.3) is 0 Å². The molecule has 24 nitrogen and oxygen atoms in total. The number of methoxy groups -OCH3 is 6. The van der Waals surface area contributed by atoms with Crippen LogP contribution >= 0.6 is 0 Å². The van der Waals surface area contributed by atoms with E-state index in [1.165, 1.54) is 57.4 Å². The Hall–Kier alpha value is -3.53. The Bertz CT molecular complexity index is 1360. The van der Waals surface area contributed by atoms with Crippen LogP contribution in [0.25, 0.3) is 0 Å². The van der Waals surface area contributed by atoms with Crippen molar-refractivity contribution >= 4 is 12.1 Å². The predicted molar refractivity (Wildman–Crippen MR) is 194 cm³/mol. The van der Waals surface area contributed by atoms with Crippen molar-refractivity contribution in [3.63, 3.8) is 0 Å². The van der Waals surface area contributed by atoms with Gasteiger partial charge < -0.3 is 63.3 Å². The third-order valence-corrected chi connectivity index (χ3v) is 7.44. The first-order chi connectivity index (χ1) is 26.6. The molecule has 4 N–H and O–H groups in total. The molecule has 55 heavy (non-hydrogen) atoms. The van der Waals surface area contributed by atoms with Crippen molar-refractivity contribution in [1.82, 2.24) is 44.4 Å². The van der Waals surface area contributed by atoms with E-state index >= 15 is 0 Å². The minimum absolute atomic E-state index is 0.00364. The molecular weight excluding hydrogens is 738 g/mol. The molecule has 0 aliphatic heterocycles. The Kier molecular flexibility index (Phi) is 27.6. The Labute approximate surface area is 319 Å². The van der Waals surface area contributed by atoms with Crippen LogP contribution in [0.3, 0.4) is 0 Å². The summed E-state index contributed by atoms with van der Waals surface area (Å²) >= 11 is 0. The van der Waals surface area contributed by atoms with E-state index in [1.54, 1.807) is 0 Å². The number of nitrogens with zero attached hydrogens (tertiary/aromatic N) is 6. The molecule has 24 heteroatoms. The topological polar surface area (TPSA) is 249 Å². The third-order valence-electron chi connectivity index (χ3n) is 7.44. The summed E-state index contributed by atoms with van der Waals surface area (Å²) in [4.78, 5) is 69.2. The van der Waals surface area contributed by atoms with Crippen LogP contribution in [0.1, 0.15) is 6.42 Å². The van der Waals surface area contributed by atoms with Gasteiger partial charge in [-0.3, -0.25) is 10.2 Å². The summed E-state index contributed by atoms with van der Waals surface area (Å²) in [6.45, 7) is 0.535. The number of carbonyl (C=O) groups excluding carboxylic acids is 2. The van der Waals surface area contributed by atoms with E-state index in [4.69, 9.17) is 42.6 Å². The second kappa shape index (κ2) is 30.7. The quantitative estimate of drug-likeness (QED) is 0.0397. The first kappa shape index (κ1) is 49.5. The Morgan fingerprint density at radius 2 is 0.982 bits per heavy atom. The highest BCUT2D eigenvalue weighted by Crippen LogP contribution is 1.97. The fourth-order valence-corrected chi connectivity index (χ4v) is 4.71. The number of rotatable bonds is 33. The Balaban J connectivity index is 3.01. The van der Waals surface area contributed by atoms with Crippen LogP contribution in [0.2, 0.25) is 0 Å². The highest BCUT2D eigenvalue weighted by atomic mass is 16.5. The summed E-state index contributed by atoms with van der Waals surface area (Å²) in [5.74, 6) is 0. The smallest absolute Gasteiger partial charge is 0.336 e. The lowest BCUT2D eigenvalue weighted by Gasteiger charge is -2.27. The molecule has 0 aliphatic carbocycles. The van der Waals surface area contributed by atoms with E-state index in [-0.39, 0.29) is 119 Å². The number of hydrogen-bond acceptors (Lipinski definition) is 17. The van der Waals surface area contributed by atoms with Gasteiger partial charge >= 0.3 is 29.1 Å². The molecule has 0 radical (unpaired) electrons. The van der Waals surface area contributed by atoms with Crippen molar-refractivity contribution in [3.05, 3.63) is 31.5 Å². The van der Waals surface area contributed by atoms with Crippen LogP contribution in [0, 0.1) is 0 Å². The van der Waals surface area contributed by atoms with Crippen molar-refractivity contribution in [3.8, 4) is 0 Å². The average molecular weight is 800 g/mol. The lowest BCUT2D eigenvalue weighted by molar-refractivity contribution is -0.0966. The van der Waals surface area contributed by atoms with Crippen molar-refractivity contribution in [2.75, 3.05) is 142 Å². The van der Waals surface area contributed by atoms with Gasteiger partial charge in [-0.05, 0) is 6.42 Å². The lowest BCUT2D eigenvalue weighted by Crippen LogP contribution is -2.55. The molecule has 320 valence electrons. The molecule has 0 fully saturated rings. The summed E-state index contributed by atoms with van der Waals surface area (Å²) in [6, 6.07) is -0.817. The van der Waals surface area contributed by atoms with Crippen LogP contribution in [-0.4, -0.2) is 194 Å². The van der Waals surface area contributed by atoms with Gasteiger partial charge in [-0.2, -0.15) is 0 Å². The van der Waals surface area contributed by atoms with Crippen molar-refractivity contribution in [2.45, 2.75) is 32.4 Å². The van der Waals surface area contributed by atoms with Crippen LogP contribution in [0.5, 0.6) is 0 Å².